The van der Waals surface area contributed by atoms with Gasteiger partial charge in [0.1, 0.15) is 0 Å². The molecule has 3 rings (SSSR count). The fraction of sp³-hybridized carbons (Fsp3) is 0.700. The zero-order valence-electron chi connectivity index (χ0n) is 8.82. The zero-order chi connectivity index (χ0) is 11.1. The summed E-state index contributed by atoms with van der Waals surface area (Å²) >= 11 is 0. The predicted octanol–water partition coefficient (Wildman–Crippen LogP) is 0.0587. The van der Waals surface area contributed by atoms with Crippen LogP contribution in [0.2, 0.25) is 0 Å². The summed E-state index contributed by atoms with van der Waals surface area (Å²) in [5, 5.41) is 9.16. The van der Waals surface area contributed by atoms with Crippen molar-refractivity contribution in [3.05, 3.63) is 20.8 Å². The van der Waals surface area contributed by atoms with E-state index in [1.165, 1.54) is 25.7 Å². The molecule has 6 heteroatoms. The number of rotatable bonds is 4. The third-order valence-corrected chi connectivity index (χ3v) is 3.27. The molecule has 6 nitrogen and oxygen atoms in total. The summed E-state index contributed by atoms with van der Waals surface area (Å²) in [6, 6.07) is 0.361. The Balaban J connectivity index is 1.81. The maximum atomic E-state index is 11.5. The van der Waals surface area contributed by atoms with E-state index in [4.69, 9.17) is 0 Å². The van der Waals surface area contributed by atoms with Gasteiger partial charge in [-0.25, -0.2) is 9.89 Å². The SMILES string of the molecule is O=c1[nH]nc(NC(C2CC2)C2CC2)c(=O)[nH]1. The highest BCUT2D eigenvalue weighted by atomic mass is 16.2. The van der Waals surface area contributed by atoms with Crippen LogP contribution in [0.4, 0.5) is 5.82 Å². The Hall–Kier alpha value is -1.59. The second-order valence-electron chi connectivity index (χ2n) is 4.70. The molecule has 86 valence electrons. The summed E-state index contributed by atoms with van der Waals surface area (Å²) in [5.74, 6) is 1.60. The van der Waals surface area contributed by atoms with E-state index in [9.17, 15) is 9.59 Å². The van der Waals surface area contributed by atoms with Gasteiger partial charge in [0.25, 0.3) is 5.56 Å². The highest BCUT2D eigenvalue weighted by molar-refractivity contribution is 5.32. The fourth-order valence-corrected chi connectivity index (χ4v) is 2.13. The number of hydrogen-bond acceptors (Lipinski definition) is 4. The molecule has 2 saturated carbocycles. The first-order valence-electron chi connectivity index (χ1n) is 5.69. The molecule has 1 aromatic heterocycles. The highest BCUT2D eigenvalue weighted by Crippen LogP contribution is 2.45. The molecule has 2 aliphatic carbocycles. The molecule has 0 unspecified atom stereocenters. The number of anilines is 1. The lowest BCUT2D eigenvalue weighted by atomic mass is 10.1. The van der Waals surface area contributed by atoms with Crippen molar-refractivity contribution in [1.29, 1.82) is 0 Å². The summed E-state index contributed by atoms with van der Waals surface area (Å²) in [7, 11) is 0. The molecule has 0 aromatic carbocycles. The molecule has 0 saturated heterocycles. The average Bonchev–Trinajstić information content (AvgIpc) is 3.11. The minimum atomic E-state index is -0.565. The van der Waals surface area contributed by atoms with Crippen LogP contribution in [0.1, 0.15) is 25.7 Å². The zero-order valence-corrected chi connectivity index (χ0v) is 8.82. The molecular formula is C10H14N4O2. The topological polar surface area (TPSA) is 90.6 Å². The first-order chi connectivity index (χ1) is 7.74. The third-order valence-electron chi connectivity index (χ3n) is 3.27. The van der Waals surface area contributed by atoms with Crippen LogP contribution in [-0.4, -0.2) is 21.2 Å². The monoisotopic (exact) mass is 222 g/mol. The van der Waals surface area contributed by atoms with Crippen molar-refractivity contribution in [2.24, 2.45) is 11.8 Å². The molecular weight excluding hydrogens is 208 g/mol. The first kappa shape index (κ1) is 9.62. The highest BCUT2D eigenvalue weighted by Gasteiger charge is 2.41. The van der Waals surface area contributed by atoms with Crippen molar-refractivity contribution in [2.45, 2.75) is 31.7 Å². The van der Waals surface area contributed by atoms with Crippen LogP contribution in [0.25, 0.3) is 0 Å². The van der Waals surface area contributed by atoms with E-state index in [0.29, 0.717) is 17.9 Å². The van der Waals surface area contributed by atoms with Crippen molar-refractivity contribution < 1.29 is 0 Å². The van der Waals surface area contributed by atoms with E-state index in [-0.39, 0.29) is 5.82 Å². The number of H-pyrrole nitrogens is 2. The Morgan fingerprint density at radius 2 is 1.81 bits per heavy atom. The normalized spacial score (nSPS) is 20.1. The minimum Gasteiger partial charge on any atom is -0.361 e. The van der Waals surface area contributed by atoms with Crippen LogP contribution < -0.4 is 16.6 Å². The van der Waals surface area contributed by atoms with E-state index in [1.807, 2.05) is 0 Å². The predicted molar refractivity (Wildman–Crippen MR) is 58.3 cm³/mol. The Labute approximate surface area is 91.5 Å². The van der Waals surface area contributed by atoms with E-state index < -0.39 is 11.2 Å². The van der Waals surface area contributed by atoms with E-state index in [1.54, 1.807) is 0 Å². The largest absolute Gasteiger partial charge is 0.361 e. The number of nitrogens with one attached hydrogen (secondary N) is 3. The van der Waals surface area contributed by atoms with Gasteiger partial charge in [-0.3, -0.25) is 9.78 Å². The molecule has 2 fully saturated rings. The van der Waals surface area contributed by atoms with Crippen LogP contribution in [0, 0.1) is 11.8 Å². The summed E-state index contributed by atoms with van der Waals surface area (Å²) in [6.45, 7) is 0. The second-order valence-corrected chi connectivity index (χ2v) is 4.70. The smallest absolute Gasteiger partial charge is 0.342 e. The molecule has 0 atom stereocenters. The van der Waals surface area contributed by atoms with Gasteiger partial charge in [0, 0.05) is 6.04 Å². The van der Waals surface area contributed by atoms with Gasteiger partial charge in [0.2, 0.25) is 5.82 Å². The van der Waals surface area contributed by atoms with Gasteiger partial charge < -0.3 is 5.32 Å². The molecule has 1 heterocycles. The van der Waals surface area contributed by atoms with Crippen molar-refractivity contribution in [3.63, 3.8) is 0 Å². The van der Waals surface area contributed by atoms with Crippen molar-refractivity contribution in [2.75, 3.05) is 5.32 Å². The molecule has 0 amide bonds. The van der Waals surface area contributed by atoms with Gasteiger partial charge >= 0.3 is 5.69 Å². The summed E-state index contributed by atoms with van der Waals surface area (Å²) in [5.41, 5.74) is -1.00. The Morgan fingerprint density at radius 1 is 1.19 bits per heavy atom. The van der Waals surface area contributed by atoms with Crippen LogP contribution in [-0.2, 0) is 0 Å². The number of aromatic nitrogens is 3. The van der Waals surface area contributed by atoms with Gasteiger partial charge in [0.15, 0.2) is 0 Å². The number of hydrogen-bond donors (Lipinski definition) is 3. The summed E-state index contributed by atoms with van der Waals surface area (Å²) in [6.07, 6.45) is 4.93. The third kappa shape index (κ3) is 1.87. The van der Waals surface area contributed by atoms with E-state index >= 15 is 0 Å². The average molecular weight is 222 g/mol. The molecule has 0 spiro atoms. The molecule has 3 N–H and O–H groups in total. The molecule has 0 aliphatic heterocycles. The lowest BCUT2D eigenvalue weighted by Crippen LogP contribution is -2.32. The number of aromatic amines is 2. The van der Waals surface area contributed by atoms with Crippen molar-refractivity contribution in [3.8, 4) is 0 Å². The van der Waals surface area contributed by atoms with Gasteiger partial charge in [-0.2, -0.15) is 0 Å². The minimum absolute atomic E-state index is 0.239. The molecule has 2 aliphatic rings. The summed E-state index contributed by atoms with van der Waals surface area (Å²) in [4.78, 5) is 24.5. The summed E-state index contributed by atoms with van der Waals surface area (Å²) < 4.78 is 0. The Kier molecular flexibility index (Phi) is 2.08. The van der Waals surface area contributed by atoms with Crippen molar-refractivity contribution >= 4 is 5.82 Å². The van der Waals surface area contributed by atoms with Crippen LogP contribution in [0.15, 0.2) is 9.59 Å². The van der Waals surface area contributed by atoms with Gasteiger partial charge in [-0.05, 0) is 37.5 Å². The first-order valence-corrected chi connectivity index (χ1v) is 5.69. The van der Waals surface area contributed by atoms with Crippen LogP contribution >= 0.6 is 0 Å². The van der Waals surface area contributed by atoms with Crippen molar-refractivity contribution in [1.82, 2.24) is 15.2 Å². The van der Waals surface area contributed by atoms with Gasteiger partial charge in [-0.1, -0.05) is 0 Å². The van der Waals surface area contributed by atoms with E-state index in [2.05, 4.69) is 20.5 Å². The maximum absolute atomic E-state index is 11.5. The van der Waals surface area contributed by atoms with Crippen LogP contribution in [0.3, 0.4) is 0 Å². The second kappa shape index (κ2) is 3.47. The molecule has 0 bridgehead atoms. The van der Waals surface area contributed by atoms with Gasteiger partial charge in [-0.15, -0.1) is 5.10 Å². The lowest BCUT2D eigenvalue weighted by molar-refractivity contribution is 0.563. The van der Waals surface area contributed by atoms with Crippen LogP contribution in [0.5, 0.6) is 0 Å². The molecule has 0 radical (unpaired) electrons. The number of nitrogens with zero attached hydrogens (tertiary/aromatic N) is 1. The quantitative estimate of drug-likeness (QED) is 0.671. The molecule has 1 aromatic rings. The maximum Gasteiger partial charge on any atom is 0.342 e. The lowest BCUT2D eigenvalue weighted by Gasteiger charge is -2.16. The fourth-order valence-electron chi connectivity index (χ4n) is 2.13. The van der Waals surface area contributed by atoms with E-state index in [0.717, 1.165) is 0 Å². The van der Waals surface area contributed by atoms with Gasteiger partial charge in [0.05, 0.1) is 0 Å². The Bertz CT molecular complexity index is 486. The molecule has 16 heavy (non-hydrogen) atoms. The standard InChI is InChI=1S/C10H14N4O2/c15-9-8(13-14-10(16)12-9)11-7(5-1-2-5)6-3-4-6/h5-7H,1-4H2,(H,11,13)(H2,12,14,15,16). The Morgan fingerprint density at radius 3 is 2.31 bits per heavy atom.